The summed E-state index contributed by atoms with van der Waals surface area (Å²) < 4.78 is 3.23. The predicted molar refractivity (Wildman–Crippen MR) is 84.8 cm³/mol. The van der Waals surface area contributed by atoms with Crippen molar-refractivity contribution >= 4 is 27.9 Å². The van der Waals surface area contributed by atoms with E-state index in [-0.39, 0.29) is 5.78 Å². The third-order valence-corrected chi connectivity index (χ3v) is 3.85. The Morgan fingerprint density at radius 1 is 0.913 bits per heavy atom. The van der Waals surface area contributed by atoms with E-state index in [9.17, 15) is 4.79 Å². The maximum absolute atomic E-state index is 12.6. The van der Waals surface area contributed by atoms with E-state index >= 15 is 0 Å². The molecule has 0 saturated carbocycles. The number of ketones is 1. The van der Waals surface area contributed by atoms with Crippen LogP contribution in [0.3, 0.4) is 0 Å². The van der Waals surface area contributed by atoms with Gasteiger partial charge in [0.2, 0.25) is 6.17 Å². The van der Waals surface area contributed by atoms with Gasteiger partial charge in [-0.1, -0.05) is 41.6 Å². The molecule has 2 aromatic heterocycles. The molecule has 0 atom stereocenters. The molecule has 23 heavy (non-hydrogen) atoms. The maximum Gasteiger partial charge on any atom is 0.206 e. The smallest absolute Gasteiger partial charge is 0.206 e. The van der Waals surface area contributed by atoms with E-state index in [0.29, 0.717) is 6.42 Å². The number of para-hydroxylation sites is 2. The SMILES string of the molecule is CCC(=O)C(n1nnc2ccccc21)n1nnc2ccccc21. The van der Waals surface area contributed by atoms with Gasteiger partial charge in [0.15, 0.2) is 5.78 Å². The zero-order valence-corrected chi connectivity index (χ0v) is 12.5. The van der Waals surface area contributed by atoms with Crippen LogP contribution >= 0.6 is 0 Å². The summed E-state index contributed by atoms with van der Waals surface area (Å²) in [5.41, 5.74) is 3.06. The topological polar surface area (TPSA) is 78.5 Å². The van der Waals surface area contributed by atoms with Gasteiger partial charge in [0.1, 0.15) is 11.0 Å². The second-order valence-electron chi connectivity index (χ2n) is 5.24. The van der Waals surface area contributed by atoms with E-state index in [2.05, 4.69) is 20.6 Å². The van der Waals surface area contributed by atoms with Crippen LogP contribution in [0.15, 0.2) is 48.5 Å². The number of carbonyl (C=O) groups is 1. The van der Waals surface area contributed by atoms with Crippen LogP contribution in [-0.2, 0) is 4.79 Å². The Hall–Kier alpha value is -3.09. The Morgan fingerprint density at radius 2 is 1.39 bits per heavy atom. The van der Waals surface area contributed by atoms with Crippen LogP contribution in [0.5, 0.6) is 0 Å². The van der Waals surface area contributed by atoms with Crippen LogP contribution in [0.2, 0.25) is 0 Å². The van der Waals surface area contributed by atoms with Crippen molar-refractivity contribution in [1.29, 1.82) is 0 Å². The number of aromatic nitrogens is 6. The number of Topliss-reactive ketones (excluding diaryl/α,β-unsaturated/α-hetero) is 1. The van der Waals surface area contributed by atoms with E-state index in [1.165, 1.54) is 0 Å². The van der Waals surface area contributed by atoms with Gasteiger partial charge in [-0.25, -0.2) is 9.36 Å². The largest absolute Gasteiger partial charge is 0.295 e. The van der Waals surface area contributed by atoms with Crippen LogP contribution in [0.25, 0.3) is 22.1 Å². The van der Waals surface area contributed by atoms with Crippen LogP contribution in [0.1, 0.15) is 19.5 Å². The summed E-state index contributed by atoms with van der Waals surface area (Å²) in [5, 5.41) is 16.7. The Kier molecular flexibility index (Phi) is 3.11. The van der Waals surface area contributed by atoms with Crippen molar-refractivity contribution in [3.63, 3.8) is 0 Å². The average Bonchev–Trinajstić information content (AvgIpc) is 3.20. The molecule has 2 aromatic carbocycles. The molecule has 0 fully saturated rings. The summed E-state index contributed by atoms with van der Waals surface area (Å²) in [6.45, 7) is 1.83. The number of rotatable bonds is 4. The first-order valence-corrected chi connectivity index (χ1v) is 7.42. The first-order valence-electron chi connectivity index (χ1n) is 7.42. The molecule has 0 saturated heterocycles. The van der Waals surface area contributed by atoms with Gasteiger partial charge >= 0.3 is 0 Å². The lowest BCUT2D eigenvalue weighted by molar-refractivity contribution is -0.123. The molecule has 7 nitrogen and oxygen atoms in total. The van der Waals surface area contributed by atoms with Gasteiger partial charge < -0.3 is 0 Å². The van der Waals surface area contributed by atoms with Gasteiger partial charge in [-0.15, -0.1) is 10.2 Å². The number of fused-ring (bicyclic) bond motifs is 2. The molecule has 4 aromatic rings. The molecule has 0 aliphatic rings. The molecular weight excluding hydrogens is 292 g/mol. The fourth-order valence-corrected chi connectivity index (χ4v) is 2.69. The third-order valence-electron chi connectivity index (χ3n) is 3.85. The molecule has 0 radical (unpaired) electrons. The molecule has 114 valence electrons. The van der Waals surface area contributed by atoms with Crippen molar-refractivity contribution in [2.24, 2.45) is 0 Å². The highest BCUT2D eigenvalue weighted by Gasteiger charge is 2.26. The molecule has 7 heteroatoms. The maximum atomic E-state index is 12.6. The molecule has 2 heterocycles. The van der Waals surface area contributed by atoms with Gasteiger partial charge in [-0.3, -0.25) is 4.79 Å². The first kappa shape index (κ1) is 13.6. The lowest BCUT2D eigenvalue weighted by atomic mass is 10.2. The van der Waals surface area contributed by atoms with Gasteiger partial charge in [-0.2, -0.15) is 0 Å². The zero-order valence-electron chi connectivity index (χ0n) is 12.5. The molecule has 4 rings (SSSR count). The third kappa shape index (κ3) is 2.09. The summed E-state index contributed by atoms with van der Waals surface area (Å²) in [7, 11) is 0. The van der Waals surface area contributed by atoms with Crippen LogP contribution in [0.4, 0.5) is 0 Å². The summed E-state index contributed by atoms with van der Waals surface area (Å²) in [4.78, 5) is 12.6. The molecule has 0 bridgehead atoms. The second kappa shape index (κ2) is 5.28. The highest BCUT2D eigenvalue weighted by Crippen LogP contribution is 2.22. The minimum atomic E-state index is -0.695. The van der Waals surface area contributed by atoms with Crippen LogP contribution in [-0.4, -0.2) is 35.8 Å². The molecule has 0 N–H and O–H groups in total. The number of hydrogen-bond acceptors (Lipinski definition) is 5. The quantitative estimate of drug-likeness (QED) is 0.577. The van der Waals surface area contributed by atoms with E-state index in [1.54, 1.807) is 9.36 Å². The molecule has 0 unspecified atom stereocenters. The molecule has 0 spiro atoms. The average molecular weight is 306 g/mol. The van der Waals surface area contributed by atoms with Gasteiger partial charge in [-0.05, 0) is 24.3 Å². The number of nitrogens with zero attached hydrogens (tertiary/aromatic N) is 6. The predicted octanol–water partition coefficient (Wildman–Crippen LogP) is 2.20. The standard InChI is InChI=1S/C16H14N6O/c1-2-15(23)16(21-13-9-5-3-7-11(13)17-19-21)22-14-10-6-4-8-12(14)18-20-22/h3-10,16H,2H2,1H3. The fraction of sp³-hybridized carbons (Fsp3) is 0.188. The number of benzene rings is 2. The van der Waals surface area contributed by atoms with Crippen molar-refractivity contribution in [3.05, 3.63) is 48.5 Å². The molecule has 0 amide bonds. The summed E-state index contributed by atoms with van der Waals surface area (Å²) >= 11 is 0. The van der Waals surface area contributed by atoms with Gasteiger partial charge in [0, 0.05) is 6.42 Å². The van der Waals surface area contributed by atoms with Crippen molar-refractivity contribution < 1.29 is 4.79 Å². The Bertz CT molecular complexity index is 928. The fourth-order valence-electron chi connectivity index (χ4n) is 2.69. The summed E-state index contributed by atoms with van der Waals surface area (Å²) in [6, 6.07) is 15.1. The number of carbonyl (C=O) groups excluding carboxylic acids is 1. The van der Waals surface area contributed by atoms with E-state index in [4.69, 9.17) is 0 Å². The van der Waals surface area contributed by atoms with Crippen LogP contribution < -0.4 is 0 Å². The van der Waals surface area contributed by atoms with Crippen LogP contribution in [0, 0.1) is 0 Å². The van der Waals surface area contributed by atoms with Crippen molar-refractivity contribution in [2.75, 3.05) is 0 Å². The van der Waals surface area contributed by atoms with E-state index in [0.717, 1.165) is 22.1 Å². The van der Waals surface area contributed by atoms with Crippen molar-refractivity contribution in [2.45, 2.75) is 19.5 Å². The Balaban J connectivity index is 1.97. The summed E-state index contributed by atoms with van der Waals surface area (Å²) in [5.74, 6) is -0.00342. The minimum absolute atomic E-state index is 0.00342. The normalized spacial score (nSPS) is 11.6. The minimum Gasteiger partial charge on any atom is -0.295 e. The first-order chi connectivity index (χ1) is 11.3. The molecule has 0 aliphatic carbocycles. The highest BCUT2D eigenvalue weighted by molar-refractivity contribution is 5.86. The molecule has 0 aliphatic heterocycles. The summed E-state index contributed by atoms with van der Waals surface area (Å²) in [6.07, 6.45) is -0.327. The zero-order chi connectivity index (χ0) is 15.8. The Morgan fingerprint density at radius 3 is 1.87 bits per heavy atom. The lowest BCUT2D eigenvalue weighted by Gasteiger charge is -2.16. The van der Waals surface area contributed by atoms with E-state index < -0.39 is 6.17 Å². The van der Waals surface area contributed by atoms with Gasteiger partial charge in [0.25, 0.3) is 0 Å². The molecular formula is C16H14N6O. The van der Waals surface area contributed by atoms with Crippen molar-refractivity contribution in [3.8, 4) is 0 Å². The van der Waals surface area contributed by atoms with E-state index in [1.807, 2.05) is 55.5 Å². The number of hydrogen-bond donors (Lipinski definition) is 0. The second-order valence-corrected chi connectivity index (χ2v) is 5.24. The monoisotopic (exact) mass is 306 g/mol. The van der Waals surface area contributed by atoms with Crippen molar-refractivity contribution in [1.82, 2.24) is 30.0 Å². The lowest BCUT2D eigenvalue weighted by Crippen LogP contribution is -2.28. The van der Waals surface area contributed by atoms with Gasteiger partial charge in [0.05, 0.1) is 11.0 Å². The Labute approximate surface area is 131 Å². The highest BCUT2D eigenvalue weighted by atomic mass is 16.1.